The minimum atomic E-state index is -0.972. The number of aromatic nitrogens is 1. The van der Waals surface area contributed by atoms with Crippen molar-refractivity contribution in [3.63, 3.8) is 0 Å². The lowest BCUT2D eigenvalue weighted by atomic mass is 9.94. The van der Waals surface area contributed by atoms with Crippen molar-refractivity contribution in [3.05, 3.63) is 45.6 Å². The fourth-order valence-electron chi connectivity index (χ4n) is 3.23. The van der Waals surface area contributed by atoms with Crippen LogP contribution in [-0.2, 0) is 9.53 Å². The van der Waals surface area contributed by atoms with Gasteiger partial charge in [-0.25, -0.2) is 14.2 Å². The highest BCUT2D eigenvalue weighted by atomic mass is 79.9. The van der Waals surface area contributed by atoms with E-state index in [4.69, 9.17) is 4.74 Å². The second-order valence-corrected chi connectivity index (χ2v) is 8.21. The van der Waals surface area contributed by atoms with Crippen LogP contribution in [0.1, 0.15) is 49.4 Å². The predicted molar refractivity (Wildman–Crippen MR) is 105 cm³/mol. The number of halogens is 2. The van der Waals surface area contributed by atoms with Gasteiger partial charge in [0.05, 0.1) is 5.56 Å². The van der Waals surface area contributed by atoms with E-state index in [1.165, 1.54) is 36.0 Å². The molecule has 1 aromatic heterocycles. The summed E-state index contributed by atoms with van der Waals surface area (Å²) in [5.74, 6) is -1.43. The molecule has 0 saturated heterocycles. The fourth-order valence-corrected chi connectivity index (χ4v) is 4.46. The van der Waals surface area contributed by atoms with Gasteiger partial charge in [0.2, 0.25) is 0 Å². The largest absolute Gasteiger partial charge is 0.449 e. The average molecular weight is 455 g/mol. The van der Waals surface area contributed by atoms with E-state index in [2.05, 4.69) is 20.9 Å². The summed E-state index contributed by atoms with van der Waals surface area (Å²) in [5.41, 5.74) is 0.175. The molecule has 1 saturated carbocycles. The lowest BCUT2D eigenvalue weighted by Gasteiger charge is -2.33. The molecule has 0 spiro atoms. The Morgan fingerprint density at radius 2 is 2.07 bits per heavy atom. The Labute approximate surface area is 169 Å². The van der Waals surface area contributed by atoms with Crippen molar-refractivity contribution in [2.45, 2.75) is 51.2 Å². The van der Waals surface area contributed by atoms with Gasteiger partial charge in [-0.1, -0.05) is 19.3 Å². The molecule has 27 heavy (non-hydrogen) atoms. The lowest BCUT2D eigenvalue weighted by molar-refractivity contribution is -0.127. The van der Waals surface area contributed by atoms with E-state index in [0.29, 0.717) is 5.13 Å². The van der Waals surface area contributed by atoms with Gasteiger partial charge in [-0.2, -0.15) is 0 Å². The monoisotopic (exact) mass is 454 g/mol. The van der Waals surface area contributed by atoms with Gasteiger partial charge in [0.15, 0.2) is 11.2 Å². The van der Waals surface area contributed by atoms with Crippen molar-refractivity contribution in [2.24, 2.45) is 0 Å². The maximum atomic E-state index is 13.2. The third-order valence-electron chi connectivity index (χ3n) is 4.59. The zero-order chi connectivity index (χ0) is 19.4. The molecule has 1 fully saturated rings. The number of carbonyl (C=O) groups is 2. The van der Waals surface area contributed by atoms with Crippen molar-refractivity contribution < 1.29 is 18.7 Å². The molecule has 1 unspecified atom stereocenters. The summed E-state index contributed by atoms with van der Waals surface area (Å²) in [6.07, 6.45) is 5.81. The van der Waals surface area contributed by atoms with Crippen LogP contribution in [0.4, 0.5) is 9.52 Å². The molecule has 1 aromatic carbocycles. The molecular weight excluding hydrogens is 435 g/mol. The van der Waals surface area contributed by atoms with E-state index in [-0.39, 0.29) is 22.0 Å². The Morgan fingerprint density at radius 3 is 2.70 bits per heavy atom. The minimum Gasteiger partial charge on any atom is -0.449 e. The summed E-state index contributed by atoms with van der Waals surface area (Å²) in [4.78, 5) is 31.5. The zero-order valence-corrected chi connectivity index (χ0v) is 17.3. The van der Waals surface area contributed by atoms with Gasteiger partial charge in [0, 0.05) is 22.1 Å². The summed E-state index contributed by atoms with van der Waals surface area (Å²) in [5, 5.41) is 2.45. The quantitative estimate of drug-likeness (QED) is 0.599. The number of thiazole rings is 1. The van der Waals surface area contributed by atoms with Crippen LogP contribution in [0.25, 0.3) is 0 Å². The van der Waals surface area contributed by atoms with Gasteiger partial charge in [-0.15, -0.1) is 11.3 Å². The lowest BCUT2D eigenvalue weighted by Crippen LogP contribution is -2.47. The summed E-state index contributed by atoms with van der Waals surface area (Å²) in [6, 6.07) is 3.76. The molecule has 144 valence electrons. The number of hydrogen-bond acceptors (Lipinski definition) is 5. The number of nitrogens with zero attached hydrogens (tertiary/aromatic N) is 2. The molecule has 0 aliphatic heterocycles. The first-order valence-electron chi connectivity index (χ1n) is 8.86. The number of anilines is 1. The van der Waals surface area contributed by atoms with E-state index in [0.717, 1.165) is 25.7 Å². The molecule has 0 radical (unpaired) electrons. The van der Waals surface area contributed by atoms with Crippen LogP contribution >= 0.6 is 27.3 Å². The number of carbonyl (C=O) groups excluding carboxylic acids is 2. The maximum Gasteiger partial charge on any atom is 0.340 e. The van der Waals surface area contributed by atoms with E-state index >= 15 is 0 Å². The zero-order valence-electron chi connectivity index (χ0n) is 14.9. The van der Waals surface area contributed by atoms with Gasteiger partial charge >= 0.3 is 5.97 Å². The molecule has 1 aliphatic rings. The molecule has 5 nitrogen and oxygen atoms in total. The van der Waals surface area contributed by atoms with Crippen LogP contribution in [0.2, 0.25) is 0 Å². The van der Waals surface area contributed by atoms with Gasteiger partial charge in [0.1, 0.15) is 5.82 Å². The van der Waals surface area contributed by atoms with Crippen LogP contribution in [0.5, 0.6) is 0 Å². The van der Waals surface area contributed by atoms with E-state index in [1.54, 1.807) is 18.0 Å². The van der Waals surface area contributed by atoms with Crippen molar-refractivity contribution >= 4 is 44.3 Å². The Bertz CT molecular complexity index is 809. The Balaban J connectivity index is 1.76. The molecule has 1 amide bonds. The number of rotatable bonds is 5. The van der Waals surface area contributed by atoms with Crippen LogP contribution < -0.4 is 4.90 Å². The summed E-state index contributed by atoms with van der Waals surface area (Å²) >= 11 is 4.55. The van der Waals surface area contributed by atoms with Gasteiger partial charge in [-0.05, 0) is 53.9 Å². The number of amides is 1. The fraction of sp³-hybridized carbons (Fsp3) is 0.421. The first kappa shape index (κ1) is 19.9. The van der Waals surface area contributed by atoms with Gasteiger partial charge in [0.25, 0.3) is 5.91 Å². The molecule has 3 rings (SSSR count). The Kier molecular flexibility index (Phi) is 6.59. The first-order valence-corrected chi connectivity index (χ1v) is 10.5. The molecular formula is C19H20BrFN2O3S. The van der Waals surface area contributed by atoms with Crippen molar-refractivity contribution in [2.75, 3.05) is 4.90 Å². The SMILES string of the molecule is CC(OC(=O)c1ccc(F)cc1Br)C(=O)N(c1nccs1)C1CCCCC1. The van der Waals surface area contributed by atoms with Crippen molar-refractivity contribution in [1.82, 2.24) is 4.98 Å². The second kappa shape index (κ2) is 8.93. The van der Waals surface area contributed by atoms with Crippen LogP contribution in [0.3, 0.4) is 0 Å². The molecule has 1 heterocycles. The molecule has 1 atom stereocenters. The average Bonchev–Trinajstić information content (AvgIpc) is 3.16. The van der Waals surface area contributed by atoms with E-state index in [9.17, 15) is 14.0 Å². The van der Waals surface area contributed by atoms with Crippen LogP contribution in [-0.4, -0.2) is 29.0 Å². The number of ether oxygens (including phenoxy) is 1. The summed E-state index contributed by atoms with van der Waals surface area (Å²) < 4.78 is 18.9. The van der Waals surface area contributed by atoms with Gasteiger partial charge in [-0.3, -0.25) is 9.69 Å². The smallest absolute Gasteiger partial charge is 0.340 e. The molecule has 2 aromatic rings. The van der Waals surface area contributed by atoms with Crippen LogP contribution in [0, 0.1) is 5.82 Å². The molecule has 1 aliphatic carbocycles. The topological polar surface area (TPSA) is 59.5 Å². The normalized spacial score (nSPS) is 16.0. The third-order valence-corrected chi connectivity index (χ3v) is 6.01. The molecule has 8 heteroatoms. The standard InChI is InChI=1S/C19H20BrFN2O3S/c1-12(26-18(25)15-8-7-13(21)11-16(15)20)17(24)23(19-22-9-10-27-19)14-5-3-2-4-6-14/h7-12,14H,2-6H2,1H3. The highest BCUT2D eigenvalue weighted by molar-refractivity contribution is 9.10. The number of benzene rings is 1. The van der Waals surface area contributed by atoms with Crippen LogP contribution in [0.15, 0.2) is 34.2 Å². The highest BCUT2D eigenvalue weighted by Gasteiger charge is 2.33. The van der Waals surface area contributed by atoms with Gasteiger partial charge < -0.3 is 4.74 Å². The Hall–Kier alpha value is -1.80. The predicted octanol–water partition coefficient (Wildman–Crippen LogP) is 4.96. The summed E-state index contributed by atoms with van der Waals surface area (Å²) in [6.45, 7) is 1.56. The minimum absolute atomic E-state index is 0.0658. The molecule has 0 bridgehead atoms. The van der Waals surface area contributed by atoms with E-state index < -0.39 is 17.9 Å². The maximum absolute atomic E-state index is 13.2. The van der Waals surface area contributed by atoms with E-state index in [1.807, 2.05) is 5.38 Å². The van der Waals surface area contributed by atoms with Crippen molar-refractivity contribution in [1.29, 1.82) is 0 Å². The van der Waals surface area contributed by atoms with Crippen molar-refractivity contribution in [3.8, 4) is 0 Å². The Morgan fingerprint density at radius 1 is 1.33 bits per heavy atom. The molecule has 0 N–H and O–H groups in total. The second-order valence-electron chi connectivity index (χ2n) is 6.49. The third kappa shape index (κ3) is 4.73. The highest BCUT2D eigenvalue weighted by Crippen LogP contribution is 2.30. The summed E-state index contributed by atoms with van der Waals surface area (Å²) in [7, 11) is 0. The number of hydrogen-bond donors (Lipinski definition) is 0. The first-order chi connectivity index (χ1) is 13.0. The number of esters is 1.